The average molecular weight is 243 g/mol. The molecule has 1 aromatic carbocycles. The van der Waals surface area contributed by atoms with E-state index in [9.17, 15) is 5.11 Å². The van der Waals surface area contributed by atoms with Crippen LogP contribution in [0.3, 0.4) is 0 Å². The number of aliphatic hydroxyl groups excluding tert-OH is 1. The molecule has 0 aromatic heterocycles. The van der Waals surface area contributed by atoms with Crippen molar-refractivity contribution in [1.29, 1.82) is 0 Å². The summed E-state index contributed by atoms with van der Waals surface area (Å²) in [7, 11) is 0. The average Bonchev–Trinajstić information content (AvgIpc) is 2.25. The molecular weight excluding hydrogens is 224 g/mol. The predicted octanol–water partition coefficient (Wildman–Crippen LogP) is 2.96. The van der Waals surface area contributed by atoms with Gasteiger partial charge in [-0.05, 0) is 23.1 Å². The van der Waals surface area contributed by atoms with Crippen LogP contribution in [0.5, 0.6) is 5.75 Å². The van der Waals surface area contributed by atoms with E-state index < -0.39 is 6.10 Å². The third-order valence-corrected chi connectivity index (χ3v) is 2.68. The van der Waals surface area contributed by atoms with Gasteiger partial charge in [-0.25, -0.2) is 0 Å². The number of rotatable bonds is 4. The van der Waals surface area contributed by atoms with Crippen LogP contribution in [0, 0.1) is 0 Å². The van der Waals surface area contributed by atoms with Crippen molar-refractivity contribution in [3.8, 4) is 5.75 Å². The Labute approximate surface area is 102 Å². The minimum Gasteiger partial charge on any atom is -0.491 e. The Kier molecular flexibility index (Phi) is 4.63. The number of benzene rings is 1. The maximum Gasteiger partial charge on any atom is 0.119 e. The molecule has 0 fully saturated rings. The summed E-state index contributed by atoms with van der Waals surface area (Å²) in [5.41, 5.74) is 1.31. The molecule has 2 nitrogen and oxygen atoms in total. The monoisotopic (exact) mass is 242 g/mol. The highest BCUT2D eigenvalue weighted by Gasteiger charge is 2.14. The molecule has 0 heterocycles. The number of halogens is 1. The van der Waals surface area contributed by atoms with Gasteiger partial charge in [0, 0.05) is 0 Å². The summed E-state index contributed by atoms with van der Waals surface area (Å²) in [6, 6.07) is 7.92. The van der Waals surface area contributed by atoms with Gasteiger partial charge in [-0.2, -0.15) is 0 Å². The Morgan fingerprint density at radius 2 is 2.06 bits per heavy atom. The van der Waals surface area contributed by atoms with Gasteiger partial charge in [-0.3, -0.25) is 0 Å². The van der Waals surface area contributed by atoms with Crippen molar-refractivity contribution in [2.24, 2.45) is 0 Å². The normalized spacial score (nSPS) is 13.6. The fraction of sp³-hybridized carbons (Fsp3) is 0.538. The highest BCUT2D eigenvalue weighted by atomic mass is 35.5. The molecule has 0 aliphatic rings. The fourth-order valence-electron chi connectivity index (χ4n) is 1.29. The summed E-state index contributed by atoms with van der Waals surface area (Å²) >= 11 is 5.49. The third kappa shape index (κ3) is 4.03. The first-order valence-electron chi connectivity index (χ1n) is 5.41. The van der Waals surface area contributed by atoms with Crippen LogP contribution in [-0.4, -0.2) is 23.7 Å². The standard InChI is InChI=1S/C13H19ClO2/c1-13(2,3)10-5-4-6-12(7-10)16-9-11(15)8-14/h4-7,11,15H,8-9H2,1-3H3. The van der Waals surface area contributed by atoms with E-state index >= 15 is 0 Å². The summed E-state index contributed by atoms with van der Waals surface area (Å²) in [5, 5.41) is 9.29. The zero-order chi connectivity index (χ0) is 12.2. The Morgan fingerprint density at radius 1 is 1.38 bits per heavy atom. The van der Waals surface area contributed by atoms with Crippen LogP contribution in [0.25, 0.3) is 0 Å². The summed E-state index contributed by atoms with van der Waals surface area (Å²) in [5.74, 6) is 0.968. The first-order chi connectivity index (χ1) is 7.43. The maximum absolute atomic E-state index is 9.29. The zero-order valence-electron chi connectivity index (χ0n) is 10.0. The number of aliphatic hydroxyl groups is 1. The van der Waals surface area contributed by atoms with Crippen LogP contribution >= 0.6 is 11.6 Å². The van der Waals surface area contributed by atoms with Gasteiger partial charge in [0.1, 0.15) is 18.5 Å². The van der Waals surface area contributed by atoms with E-state index in [2.05, 4.69) is 26.8 Å². The maximum atomic E-state index is 9.29. The van der Waals surface area contributed by atoms with Gasteiger partial charge in [0.2, 0.25) is 0 Å². The van der Waals surface area contributed by atoms with Gasteiger partial charge in [-0.1, -0.05) is 32.9 Å². The molecule has 0 aliphatic heterocycles. The molecule has 0 saturated carbocycles. The zero-order valence-corrected chi connectivity index (χ0v) is 10.8. The lowest BCUT2D eigenvalue weighted by Crippen LogP contribution is -2.19. The fourth-order valence-corrected chi connectivity index (χ4v) is 1.38. The molecule has 0 bridgehead atoms. The van der Waals surface area contributed by atoms with E-state index in [-0.39, 0.29) is 17.9 Å². The highest BCUT2D eigenvalue weighted by Crippen LogP contribution is 2.25. The van der Waals surface area contributed by atoms with Crippen molar-refractivity contribution in [3.63, 3.8) is 0 Å². The van der Waals surface area contributed by atoms with Gasteiger partial charge < -0.3 is 9.84 Å². The third-order valence-electron chi connectivity index (χ3n) is 2.32. The van der Waals surface area contributed by atoms with E-state index in [4.69, 9.17) is 16.3 Å². The van der Waals surface area contributed by atoms with E-state index in [1.807, 2.05) is 18.2 Å². The molecule has 3 heteroatoms. The number of ether oxygens (including phenoxy) is 1. The largest absolute Gasteiger partial charge is 0.491 e. The summed E-state index contributed by atoms with van der Waals surface area (Å²) in [4.78, 5) is 0. The smallest absolute Gasteiger partial charge is 0.119 e. The second kappa shape index (κ2) is 5.55. The van der Waals surface area contributed by atoms with Crippen LogP contribution in [-0.2, 0) is 5.41 Å². The molecule has 16 heavy (non-hydrogen) atoms. The SMILES string of the molecule is CC(C)(C)c1cccc(OCC(O)CCl)c1. The quantitative estimate of drug-likeness (QED) is 0.823. The number of hydrogen-bond donors (Lipinski definition) is 1. The molecule has 1 N–H and O–H groups in total. The first-order valence-corrected chi connectivity index (χ1v) is 5.94. The summed E-state index contributed by atoms with van der Waals surface area (Å²) in [6.07, 6.45) is -0.611. The van der Waals surface area contributed by atoms with Crippen LogP contribution < -0.4 is 4.74 Å². The highest BCUT2D eigenvalue weighted by molar-refractivity contribution is 6.18. The van der Waals surface area contributed by atoms with Gasteiger partial charge in [-0.15, -0.1) is 11.6 Å². The van der Waals surface area contributed by atoms with E-state index in [1.54, 1.807) is 0 Å². The molecule has 0 radical (unpaired) electrons. The minimum atomic E-state index is -0.611. The van der Waals surface area contributed by atoms with E-state index in [1.165, 1.54) is 5.56 Å². The second-order valence-electron chi connectivity index (χ2n) is 4.90. The van der Waals surface area contributed by atoms with Crippen molar-refractivity contribution in [3.05, 3.63) is 29.8 Å². The molecule has 1 aromatic rings. The van der Waals surface area contributed by atoms with Crippen molar-refractivity contribution in [2.45, 2.75) is 32.3 Å². The topological polar surface area (TPSA) is 29.5 Å². The van der Waals surface area contributed by atoms with Gasteiger partial charge in [0.15, 0.2) is 0 Å². The van der Waals surface area contributed by atoms with Crippen LogP contribution in [0.4, 0.5) is 0 Å². The van der Waals surface area contributed by atoms with Crippen molar-refractivity contribution >= 4 is 11.6 Å². The molecular formula is C13H19ClO2. The number of alkyl halides is 1. The number of hydrogen-bond acceptors (Lipinski definition) is 2. The van der Waals surface area contributed by atoms with Crippen molar-refractivity contribution < 1.29 is 9.84 Å². The van der Waals surface area contributed by atoms with E-state index in [0.717, 1.165) is 5.75 Å². The summed E-state index contributed by atoms with van der Waals surface area (Å²) in [6.45, 7) is 6.69. The van der Waals surface area contributed by atoms with Crippen LogP contribution in [0.1, 0.15) is 26.3 Å². The first kappa shape index (κ1) is 13.3. The molecule has 90 valence electrons. The second-order valence-corrected chi connectivity index (χ2v) is 5.21. The van der Waals surface area contributed by atoms with Gasteiger partial charge >= 0.3 is 0 Å². The molecule has 0 saturated heterocycles. The molecule has 0 aliphatic carbocycles. The van der Waals surface area contributed by atoms with Gasteiger partial charge in [0.25, 0.3) is 0 Å². The van der Waals surface area contributed by atoms with E-state index in [0.29, 0.717) is 0 Å². The lowest BCUT2D eigenvalue weighted by molar-refractivity contribution is 0.125. The molecule has 0 amide bonds. The lowest BCUT2D eigenvalue weighted by Gasteiger charge is -2.20. The Bertz CT molecular complexity index is 331. The Balaban J connectivity index is 2.68. The molecule has 1 atom stereocenters. The Hall–Kier alpha value is -0.730. The van der Waals surface area contributed by atoms with Gasteiger partial charge in [0.05, 0.1) is 5.88 Å². The van der Waals surface area contributed by atoms with Crippen molar-refractivity contribution in [2.75, 3.05) is 12.5 Å². The van der Waals surface area contributed by atoms with Crippen LogP contribution in [0.2, 0.25) is 0 Å². The molecule has 1 rings (SSSR count). The molecule has 0 spiro atoms. The van der Waals surface area contributed by atoms with Crippen molar-refractivity contribution in [1.82, 2.24) is 0 Å². The summed E-state index contributed by atoms with van der Waals surface area (Å²) < 4.78 is 5.46. The van der Waals surface area contributed by atoms with Crippen LogP contribution in [0.15, 0.2) is 24.3 Å². The predicted molar refractivity (Wildman–Crippen MR) is 67.4 cm³/mol. The Morgan fingerprint density at radius 3 is 2.62 bits per heavy atom. The molecule has 1 unspecified atom stereocenters. The minimum absolute atomic E-state index is 0.102. The lowest BCUT2D eigenvalue weighted by atomic mass is 9.87.